The maximum absolute atomic E-state index is 11.6. The maximum atomic E-state index is 11.6. The zero-order valence-corrected chi connectivity index (χ0v) is 10.0. The summed E-state index contributed by atoms with van der Waals surface area (Å²) < 4.78 is 0. The Bertz CT molecular complexity index is 284. The highest BCUT2D eigenvalue weighted by molar-refractivity contribution is 5.82. The molecule has 0 aliphatic heterocycles. The number of aliphatic hydroxyl groups is 1. The summed E-state index contributed by atoms with van der Waals surface area (Å²) >= 11 is 0. The third kappa shape index (κ3) is 3.59. The molecule has 1 saturated carbocycles. The molecule has 0 radical (unpaired) electrons. The highest BCUT2D eigenvalue weighted by Crippen LogP contribution is 2.34. The summed E-state index contributed by atoms with van der Waals surface area (Å²) in [7, 11) is 0. The molecular formula is C11H20N2O4. The molecule has 98 valence electrons. The lowest BCUT2D eigenvalue weighted by atomic mass is 9.75. The van der Waals surface area contributed by atoms with Crippen molar-refractivity contribution >= 4 is 12.0 Å². The molecule has 1 atom stereocenters. The summed E-state index contributed by atoms with van der Waals surface area (Å²) in [5, 5.41) is 22.7. The van der Waals surface area contributed by atoms with Crippen molar-refractivity contribution in [2.24, 2.45) is 0 Å². The van der Waals surface area contributed by atoms with Crippen LogP contribution >= 0.6 is 0 Å². The van der Waals surface area contributed by atoms with E-state index in [1.165, 1.54) is 0 Å². The molecule has 1 aliphatic rings. The molecule has 0 aromatic heterocycles. The van der Waals surface area contributed by atoms with Gasteiger partial charge in [0.15, 0.2) is 0 Å². The van der Waals surface area contributed by atoms with Crippen LogP contribution in [0.25, 0.3) is 0 Å². The lowest BCUT2D eigenvalue weighted by molar-refractivity contribution is -0.139. The van der Waals surface area contributed by atoms with Crippen LogP contribution in [0.15, 0.2) is 0 Å². The predicted octanol–water partition coefficient (Wildman–Crippen LogP) is 0.454. The monoisotopic (exact) mass is 244 g/mol. The van der Waals surface area contributed by atoms with Gasteiger partial charge >= 0.3 is 12.0 Å². The summed E-state index contributed by atoms with van der Waals surface area (Å²) in [6.07, 6.45) is 3.83. The standard InChI is InChI=1S/C11H20N2O4/c1-2-11(5-3-6-11)13-10(17)12-8(4-7-14)9(15)16/h8,14H,2-7H2,1H3,(H,15,16)(H2,12,13,17)/t8-/m1/s1. The van der Waals surface area contributed by atoms with Gasteiger partial charge in [-0.05, 0) is 25.7 Å². The van der Waals surface area contributed by atoms with E-state index in [0.717, 1.165) is 25.7 Å². The number of aliphatic hydroxyl groups excluding tert-OH is 1. The number of rotatable bonds is 6. The molecule has 1 rings (SSSR count). The third-order valence-electron chi connectivity index (χ3n) is 3.39. The van der Waals surface area contributed by atoms with Crippen molar-refractivity contribution in [1.82, 2.24) is 10.6 Å². The largest absolute Gasteiger partial charge is 0.480 e. The van der Waals surface area contributed by atoms with E-state index < -0.39 is 18.0 Å². The van der Waals surface area contributed by atoms with E-state index in [0.29, 0.717) is 0 Å². The topological polar surface area (TPSA) is 98.7 Å². The Labute approximate surface area is 100 Å². The molecule has 0 aromatic carbocycles. The lowest BCUT2D eigenvalue weighted by Crippen LogP contribution is -2.58. The fourth-order valence-corrected chi connectivity index (χ4v) is 1.99. The zero-order chi connectivity index (χ0) is 12.9. The van der Waals surface area contributed by atoms with Gasteiger partial charge in [0, 0.05) is 18.6 Å². The number of carboxylic acid groups (broad SMARTS) is 1. The van der Waals surface area contributed by atoms with Crippen molar-refractivity contribution in [3.05, 3.63) is 0 Å². The highest BCUT2D eigenvalue weighted by atomic mass is 16.4. The van der Waals surface area contributed by atoms with Crippen LogP contribution in [0.2, 0.25) is 0 Å². The van der Waals surface area contributed by atoms with Crippen LogP contribution < -0.4 is 10.6 Å². The fraction of sp³-hybridized carbons (Fsp3) is 0.818. The van der Waals surface area contributed by atoms with Crippen LogP contribution in [0.3, 0.4) is 0 Å². The van der Waals surface area contributed by atoms with Crippen LogP contribution in [0.1, 0.15) is 39.0 Å². The molecule has 0 saturated heterocycles. The first-order chi connectivity index (χ1) is 8.03. The van der Waals surface area contributed by atoms with E-state index in [9.17, 15) is 9.59 Å². The Balaban J connectivity index is 2.44. The number of hydrogen-bond acceptors (Lipinski definition) is 3. The van der Waals surface area contributed by atoms with E-state index in [-0.39, 0.29) is 18.6 Å². The molecule has 0 unspecified atom stereocenters. The number of hydrogen-bond donors (Lipinski definition) is 4. The van der Waals surface area contributed by atoms with Crippen LogP contribution in [-0.4, -0.2) is 40.4 Å². The Morgan fingerprint density at radius 2 is 2.06 bits per heavy atom. The molecule has 1 aliphatic carbocycles. The second-order valence-electron chi connectivity index (χ2n) is 4.49. The van der Waals surface area contributed by atoms with Crippen molar-refractivity contribution in [3.63, 3.8) is 0 Å². The third-order valence-corrected chi connectivity index (χ3v) is 3.39. The summed E-state index contributed by atoms with van der Waals surface area (Å²) in [6.45, 7) is 1.73. The van der Waals surface area contributed by atoms with Crippen molar-refractivity contribution in [3.8, 4) is 0 Å². The minimum absolute atomic E-state index is 0.0158. The van der Waals surface area contributed by atoms with E-state index in [1.807, 2.05) is 6.92 Å². The molecule has 6 nitrogen and oxygen atoms in total. The molecule has 0 bridgehead atoms. The number of carbonyl (C=O) groups excluding carboxylic acids is 1. The summed E-state index contributed by atoms with van der Waals surface area (Å²) in [6, 6.07) is -1.50. The Kier molecular flexibility index (Phi) is 4.74. The molecule has 17 heavy (non-hydrogen) atoms. The number of carboxylic acids is 1. The molecule has 0 heterocycles. The number of aliphatic carboxylic acids is 1. The van der Waals surface area contributed by atoms with Gasteiger partial charge in [-0.2, -0.15) is 0 Å². The van der Waals surface area contributed by atoms with E-state index in [1.54, 1.807) is 0 Å². The van der Waals surface area contributed by atoms with Crippen LogP contribution in [0, 0.1) is 0 Å². The van der Waals surface area contributed by atoms with Crippen LogP contribution in [-0.2, 0) is 4.79 Å². The van der Waals surface area contributed by atoms with Gasteiger partial charge in [0.1, 0.15) is 6.04 Å². The summed E-state index contributed by atoms with van der Waals surface area (Å²) in [5.74, 6) is -1.13. The highest BCUT2D eigenvalue weighted by Gasteiger charge is 2.37. The number of nitrogens with one attached hydrogen (secondary N) is 2. The molecule has 6 heteroatoms. The van der Waals surface area contributed by atoms with Gasteiger partial charge in [-0.1, -0.05) is 6.92 Å². The Morgan fingerprint density at radius 3 is 2.41 bits per heavy atom. The molecule has 2 amide bonds. The SMILES string of the molecule is CCC1(NC(=O)N[C@H](CCO)C(=O)O)CCC1. The van der Waals surface area contributed by atoms with Crippen LogP contribution in [0.4, 0.5) is 4.79 Å². The van der Waals surface area contributed by atoms with Crippen molar-refractivity contribution in [1.29, 1.82) is 0 Å². The van der Waals surface area contributed by atoms with Gasteiger partial charge < -0.3 is 20.8 Å². The summed E-state index contributed by atoms with van der Waals surface area (Å²) in [5.41, 5.74) is -0.160. The van der Waals surface area contributed by atoms with Crippen molar-refractivity contribution in [2.75, 3.05) is 6.61 Å². The number of urea groups is 1. The predicted molar refractivity (Wildman–Crippen MR) is 61.7 cm³/mol. The lowest BCUT2D eigenvalue weighted by Gasteiger charge is -2.42. The first-order valence-corrected chi connectivity index (χ1v) is 5.95. The van der Waals surface area contributed by atoms with Crippen LogP contribution in [0.5, 0.6) is 0 Å². The first-order valence-electron chi connectivity index (χ1n) is 5.95. The van der Waals surface area contributed by atoms with Gasteiger partial charge in [-0.25, -0.2) is 9.59 Å². The minimum atomic E-state index is -1.13. The second-order valence-corrected chi connectivity index (χ2v) is 4.49. The molecule has 4 N–H and O–H groups in total. The summed E-state index contributed by atoms with van der Waals surface area (Å²) in [4.78, 5) is 22.4. The van der Waals surface area contributed by atoms with Crippen molar-refractivity contribution in [2.45, 2.75) is 50.6 Å². The first kappa shape index (κ1) is 13.8. The van der Waals surface area contributed by atoms with Gasteiger partial charge in [0.2, 0.25) is 0 Å². The van der Waals surface area contributed by atoms with E-state index >= 15 is 0 Å². The van der Waals surface area contributed by atoms with Crippen molar-refractivity contribution < 1.29 is 19.8 Å². The molecular weight excluding hydrogens is 224 g/mol. The van der Waals surface area contributed by atoms with Gasteiger partial charge in [0.25, 0.3) is 0 Å². The van der Waals surface area contributed by atoms with E-state index in [2.05, 4.69) is 10.6 Å². The zero-order valence-electron chi connectivity index (χ0n) is 10.0. The molecule has 0 spiro atoms. The second kappa shape index (κ2) is 5.86. The van der Waals surface area contributed by atoms with Gasteiger partial charge in [-0.3, -0.25) is 0 Å². The normalized spacial score (nSPS) is 18.9. The number of carbonyl (C=O) groups is 2. The smallest absolute Gasteiger partial charge is 0.326 e. The quantitative estimate of drug-likeness (QED) is 0.545. The minimum Gasteiger partial charge on any atom is -0.480 e. The fourth-order valence-electron chi connectivity index (χ4n) is 1.99. The van der Waals surface area contributed by atoms with E-state index in [4.69, 9.17) is 10.2 Å². The Hall–Kier alpha value is -1.30. The molecule has 0 aromatic rings. The Morgan fingerprint density at radius 1 is 1.41 bits per heavy atom. The number of amides is 2. The average molecular weight is 244 g/mol. The maximum Gasteiger partial charge on any atom is 0.326 e. The average Bonchev–Trinajstić information content (AvgIpc) is 2.22. The molecule has 1 fully saturated rings. The van der Waals surface area contributed by atoms with Gasteiger partial charge in [-0.15, -0.1) is 0 Å². The van der Waals surface area contributed by atoms with Gasteiger partial charge in [0.05, 0.1) is 0 Å².